The summed E-state index contributed by atoms with van der Waals surface area (Å²) in [4.78, 5) is 20.7. The van der Waals surface area contributed by atoms with Crippen molar-refractivity contribution in [3.8, 4) is 0 Å². The summed E-state index contributed by atoms with van der Waals surface area (Å²) in [6.07, 6.45) is -10.3. The van der Waals surface area contributed by atoms with E-state index >= 15 is 0 Å². The maximum Gasteiger partial charge on any atom is 1.00 e. The summed E-state index contributed by atoms with van der Waals surface area (Å²) in [6.45, 7) is -0.918. The van der Waals surface area contributed by atoms with E-state index in [0.29, 0.717) is 0 Å². The second-order valence-corrected chi connectivity index (χ2v) is 2.86. The van der Waals surface area contributed by atoms with Crippen LogP contribution in [0.5, 0.6) is 0 Å². The smallest absolute Gasteiger partial charge is 1.00 e. The summed E-state index contributed by atoms with van der Waals surface area (Å²) in [5.41, 5.74) is 0. The van der Waals surface area contributed by atoms with Crippen molar-refractivity contribution in [1.82, 2.24) is 0 Å². The zero-order valence-corrected chi connectivity index (χ0v) is 10.9. The summed E-state index contributed by atoms with van der Waals surface area (Å²) < 4.78 is 3.51. The second kappa shape index (κ2) is 8.78. The number of carboxylic acid groups (broad SMARTS) is 1. The SMILES string of the molecule is O=C(O)OC(=O)[C@H](O)[C@@H](O)[C@H](O)[C@H](O)CO.[H-].[Na+]. The Balaban J connectivity index is -0.00000112. The largest absolute Gasteiger partial charge is 1.00 e. The molecule has 0 aliphatic rings. The Labute approximate surface area is 119 Å². The third kappa shape index (κ3) is 6.29. The van der Waals surface area contributed by atoms with Crippen LogP contribution in [0.3, 0.4) is 0 Å². The fourth-order valence-corrected chi connectivity index (χ4v) is 0.808. The molecule has 0 unspecified atom stereocenters. The third-order valence-electron chi connectivity index (χ3n) is 1.68. The molecule has 4 atom stereocenters. The summed E-state index contributed by atoms with van der Waals surface area (Å²) >= 11 is 0. The molecule has 0 saturated heterocycles. The van der Waals surface area contributed by atoms with Gasteiger partial charge in [0, 0.05) is 0 Å². The van der Waals surface area contributed by atoms with Gasteiger partial charge in [0.05, 0.1) is 6.61 Å². The minimum Gasteiger partial charge on any atom is -1.00 e. The molecule has 17 heavy (non-hydrogen) atoms. The molecule has 0 aliphatic heterocycles. The van der Waals surface area contributed by atoms with E-state index in [1.54, 1.807) is 0 Å². The first kappa shape index (κ1) is 19.1. The molecule has 0 bridgehead atoms. The summed E-state index contributed by atoms with van der Waals surface area (Å²) in [6, 6.07) is 0. The van der Waals surface area contributed by atoms with Gasteiger partial charge < -0.3 is 36.8 Å². The van der Waals surface area contributed by atoms with Crippen molar-refractivity contribution in [1.29, 1.82) is 0 Å². The number of esters is 1. The van der Waals surface area contributed by atoms with Gasteiger partial charge in [-0.05, 0) is 0 Å². The quantitative estimate of drug-likeness (QED) is 0.161. The molecule has 0 radical (unpaired) electrons. The number of rotatable bonds is 5. The molecular weight excluding hydrogens is 251 g/mol. The Morgan fingerprint density at radius 2 is 1.59 bits per heavy atom. The van der Waals surface area contributed by atoms with Crippen molar-refractivity contribution in [2.24, 2.45) is 0 Å². The van der Waals surface area contributed by atoms with E-state index in [0.717, 1.165) is 0 Å². The van der Waals surface area contributed by atoms with E-state index in [-0.39, 0.29) is 31.0 Å². The predicted molar refractivity (Wildman–Crippen MR) is 46.3 cm³/mol. The van der Waals surface area contributed by atoms with Gasteiger partial charge in [0.2, 0.25) is 0 Å². The van der Waals surface area contributed by atoms with Crippen LogP contribution in [0.25, 0.3) is 0 Å². The zero-order valence-electron chi connectivity index (χ0n) is 9.92. The fraction of sp³-hybridized carbons (Fsp3) is 0.714. The summed E-state index contributed by atoms with van der Waals surface area (Å²) in [5.74, 6) is -1.70. The van der Waals surface area contributed by atoms with Crippen molar-refractivity contribution in [3.05, 3.63) is 0 Å². The maximum absolute atomic E-state index is 10.7. The van der Waals surface area contributed by atoms with Crippen LogP contribution in [-0.4, -0.2) is 73.8 Å². The average molecular weight is 264 g/mol. The Bertz CT molecular complexity index is 263. The number of aliphatic hydroxyl groups excluding tert-OH is 5. The molecule has 0 spiro atoms. The fourth-order valence-electron chi connectivity index (χ4n) is 0.808. The number of carbonyl (C=O) groups is 2. The second-order valence-electron chi connectivity index (χ2n) is 2.86. The van der Waals surface area contributed by atoms with Crippen LogP contribution in [0.2, 0.25) is 0 Å². The number of hydrogen-bond acceptors (Lipinski definition) is 8. The normalized spacial score (nSPS) is 17.2. The van der Waals surface area contributed by atoms with Gasteiger partial charge in [0.15, 0.2) is 6.10 Å². The minimum atomic E-state index is -2.35. The summed E-state index contributed by atoms with van der Waals surface area (Å²) in [5, 5.41) is 52.5. The number of ether oxygens (including phenoxy) is 1. The molecule has 9 nitrogen and oxygen atoms in total. The molecule has 0 aliphatic carbocycles. The monoisotopic (exact) mass is 264 g/mol. The van der Waals surface area contributed by atoms with Crippen LogP contribution in [0, 0.1) is 0 Å². The zero-order chi connectivity index (χ0) is 12.9. The number of carbonyl (C=O) groups excluding carboxylic acids is 1. The van der Waals surface area contributed by atoms with Crippen molar-refractivity contribution in [2.75, 3.05) is 6.61 Å². The van der Waals surface area contributed by atoms with Crippen molar-refractivity contribution < 1.29 is 75.9 Å². The van der Waals surface area contributed by atoms with Crippen LogP contribution >= 0.6 is 0 Å². The van der Waals surface area contributed by atoms with Crippen LogP contribution in [0.1, 0.15) is 1.43 Å². The number of hydrogen-bond donors (Lipinski definition) is 6. The molecule has 0 rings (SSSR count). The predicted octanol–water partition coefficient (Wildman–Crippen LogP) is -6.24. The van der Waals surface area contributed by atoms with Crippen LogP contribution in [0.4, 0.5) is 4.79 Å². The Hall–Kier alpha value is -0.260. The molecule has 0 aromatic carbocycles. The van der Waals surface area contributed by atoms with Gasteiger partial charge in [-0.3, -0.25) is 0 Å². The first-order valence-corrected chi connectivity index (χ1v) is 4.09. The van der Waals surface area contributed by atoms with Gasteiger partial charge in [-0.1, -0.05) is 0 Å². The average Bonchev–Trinajstić information content (AvgIpc) is 2.23. The van der Waals surface area contributed by atoms with E-state index in [1.165, 1.54) is 0 Å². The Morgan fingerprint density at radius 1 is 1.12 bits per heavy atom. The Morgan fingerprint density at radius 3 is 1.94 bits per heavy atom. The van der Waals surface area contributed by atoms with Gasteiger partial charge in [-0.15, -0.1) is 0 Å². The van der Waals surface area contributed by atoms with Crippen LogP contribution in [0.15, 0.2) is 0 Å². The minimum absolute atomic E-state index is 0. The molecule has 96 valence electrons. The first-order chi connectivity index (χ1) is 7.31. The Kier molecular flexibility index (Phi) is 9.85. The van der Waals surface area contributed by atoms with E-state index in [1.807, 2.05) is 0 Å². The van der Waals surface area contributed by atoms with E-state index < -0.39 is 43.1 Å². The standard InChI is InChI=1S/C7H12O9.Na.H/c8-1-2(9)3(10)4(11)5(12)6(13)16-7(14)15;;/h2-5,8-12H,1H2,(H,14,15);;/q;+1;-1/t2-,3-,4+,5-;;/m1../s1. The maximum atomic E-state index is 10.7. The first-order valence-electron chi connectivity index (χ1n) is 4.09. The molecule has 0 amide bonds. The van der Waals surface area contributed by atoms with Gasteiger partial charge in [0.1, 0.15) is 18.3 Å². The van der Waals surface area contributed by atoms with Crippen LogP contribution < -0.4 is 29.6 Å². The molecule has 0 saturated carbocycles. The van der Waals surface area contributed by atoms with E-state index in [9.17, 15) is 9.59 Å². The molecule has 0 heterocycles. The van der Waals surface area contributed by atoms with Crippen molar-refractivity contribution >= 4 is 12.1 Å². The van der Waals surface area contributed by atoms with Gasteiger partial charge in [0.25, 0.3) is 0 Å². The van der Waals surface area contributed by atoms with Gasteiger partial charge in [-0.2, -0.15) is 0 Å². The van der Waals surface area contributed by atoms with Gasteiger partial charge in [-0.25, -0.2) is 9.59 Å². The molecule has 0 aromatic heterocycles. The topological polar surface area (TPSA) is 165 Å². The van der Waals surface area contributed by atoms with Crippen molar-refractivity contribution in [3.63, 3.8) is 0 Å². The van der Waals surface area contributed by atoms with Crippen molar-refractivity contribution in [2.45, 2.75) is 24.4 Å². The summed E-state index contributed by atoms with van der Waals surface area (Å²) in [7, 11) is 0. The van der Waals surface area contributed by atoms with E-state index in [2.05, 4.69) is 4.74 Å². The third-order valence-corrected chi connectivity index (χ3v) is 1.68. The molecular formula is C7H13NaO9. The molecule has 6 N–H and O–H groups in total. The molecule has 0 aromatic rings. The van der Waals surface area contributed by atoms with E-state index in [4.69, 9.17) is 30.6 Å². The molecule has 10 heteroatoms. The van der Waals surface area contributed by atoms with Crippen LogP contribution in [-0.2, 0) is 9.53 Å². The molecule has 0 fully saturated rings. The van der Waals surface area contributed by atoms with Gasteiger partial charge >= 0.3 is 41.7 Å². The number of aliphatic hydroxyl groups is 5.